The van der Waals surface area contributed by atoms with Crippen molar-refractivity contribution in [3.63, 3.8) is 0 Å². The second kappa shape index (κ2) is 6.80. The van der Waals surface area contributed by atoms with Gasteiger partial charge in [0.1, 0.15) is 5.82 Å². The number of rotatable bonds is 3. The Morgan fingerprint density at radius 3 is 2.67 bits per heavy atom. The molecule has 126 valence electrons. The Morgan fingerprint density at radius 2 is 1.88 bits per heavy atom. The first-order chi connectivity index (χ1) is 11.8. The quantitative estimate of drug-likeness (QED) is 0.871. The summed E-state index contributed by atoms with van der Waals surface area (Å²) in [5, 5.41) is 0. The summed E-state index contributed by atoms with van der Waals surface area (Å²) in [4.78, 5) is 19.3. The van der Waals surface area contributed by atoms with Gasteiger partial charge in [-0.15, -0.1) is 0 Å². The number of imidazole rings is 1. The van der Waals surface area contributed by atoms with Crippen LogP contribution in [0.15, 0.2) is 42.7 Å². The number of likely N-dealkylation sites (tertiary alicyclic amines) is 1. The first-order valence-corrected chi connectivity index (χ1v) is 9.12. The molecule has 1 unspecified atom stereocenters. The maximum atomic E-state index is 12.8. The van der Waals surface area contributed by atoms with E-state index in [1.807, 2.05) is 12.4 Å². The van der Waals surface area contributed by atoms with Crippen molar-refractivity contribution in [2.75, 3.05) is 13.1 Å². The number of fused-ring (bicyclic) bond motifs is 1. The van der Waals surface area contributed by atoms with Gasteiger partial charge in [0.25, 0.3) is 0 Å². The lowest BCUT2D eigenvalue weighted by Gasteiger charge is -2.35. The molecule has 0 saturated carbocycles. The van der Waals surface area contributed by atoms with Gasteiger partial charge in [0.15, 0.2) is 0 Å². The highest BCUT2D eigenvalue weighted by Gasteiger charge is 2.31. The van der Waals surface area contributed by atoms with Gasteiger partial charge in [-0.25, -0.2) is 4.98 Å². The second-order valence-electron chi connectivity index (χ2n) is 7.18. The smallest absolute Gasteiger partial charge is 0.226 e. The predicted molar refractivity (Wildman–Crippen MR) is 93.5 cm³/mol. The number of carbonyl (C=O) groups is 1. The highest BCUT2D eigenvalue weighted by molar-refractivity contribution is 5.79. The summed E-state index contributed by atoms with van der Waals surface area (Å²) in [6.07, 6.45) is 9.01. The molecule has 1 aromatic heterocycles. The van der Waals surface area contributed by atoms with Crippen molar-refractivity contribution < 1.29 is 4.79 Å². The molecule has 1 fully saturated rings. The van der Waals surface area contributed by atoms with Crippen LogP contribution in [0.1, 0.15) is 30.7 Å². The van der Waals surface area contributed by atoms with Crippen molar-refractivity contribution in [1.82, 2.24) is 14.5 Å². The van der Waals surface area contributed by atoms with Gasteiger partial charge in [0.2, 0.25) is 5.91 Å². The molecular formula is C20H25N3O. The third-order valence-corrected chi connectivity index (χ3v) is 5.59. The number of piperidine rings is 1. The standard InChI is InChI=1S/C20H25N3O/c24-20(18-8-12-22-13-9-21-19(22)15-18)23-10-6-17(7-11-23)14-16-4-2-1-3-5-16/h1-5,9,13,17-18H,6-8,10-12,14-15H2. The molecule has 4 nitrogen and oxygen atoms in total. The molecule has 3 heterocycles. The van der Waals surface area contributed by atoms with Crippen LogP contribution >= 0.6 is 0 Å². The van der Waals surface area contributed by atoms with Gasteiger partial charge in [-0.2, -0.15) is 0 Å². The summed E-state index contributed by atoms with van der Waals surface area (Å²) in [5.74, 6) is 2.26. The number of nitrogens with zero attached hydrogens (tertiary/aromatic N) is 3. The van der Waals surface area contributed by atoms with Crippen LogP contribution in [0.25, 0.3) is 0 Å². The molecule has 4 heteroatoms. The average Bonchev–Trinajstić information content (AvgIpc) is 3.10. The van der Waals surface area contributed by atoms with Crippen molar-refractivity contribution in [3.05, 3.63) is 54.1 Å². The lowest BCUT2D eigenvalue weighted by atomic mass is 9.89. The highest BCUT2D eigenvalue weighted by Crippen LogP contribution is 2.26. The zero-order chi connectivity index (χ0) is 16.4. The fourth-order valence-corrected chi connectivity index (χ4v) is 4.12. The lowest BCUT2D eigenvalue weighted by molar-refractivity contribution is -0.137. The molecule has 0 radical (unpaired) electrons. The molecule has 4 rings (SSSR count). The van der Waals surface area contributed by atoms with Crippen molar-refractivity contribution in [1.29, 1.82) is 0 Å². The SMILES string of the molecule is O=C(C1CCn2ccnc2C1)N1CCC(Cc2ccccc2)CC1. The number of hydrogen-bond donors (Lipinski definition) is 0. The molecule has 2 aromatic rings. The summed E-state index contributed by atoms with van der Waals surface area (Å²) >= 11 is 0. The van der Waals surface area contributed by atoms with E-state index >= 15 is 0 Å². The lowest BCUT2D eigenvalue weighted by Crippen LogP contribution is -2.43. The van der Waals surface area contributed by atoms with Crippen LogP contribution in [-0.2, 0) is 24.2 Å². The van der Waals surface area contributed by atoms with E-state index in [2.05, 4.69) is 44.8 Å². The molecule has 1 aromatic carbocycles. The van der Waals surface area contributed by atoms with Crippen molar-refractivity contribution >= 4 is 5.91 Å². The molecule has 1 amide bonds. The number of hydrogen-bond acceptors (Lipinski definition) is 2. The van der Waals surface area contributed by atoms with Gasteiger partial charge in [0, 0.05) is 44.4 Å². The first-order valence-electron chi connectivity index (χ1n) is 9.12. The molecule has 0 spiro atoms. The molecule has 24 heavy (non-hydrogen) atoms. The van der Waals surface area contributed by atoms with Gasteiger partial charge >= 0.3 is 0 Å². The average molecular weight is 323 g/mol. The minimum Gasteiger partial charge on any atom is -0.342 e. The van der Waals surface area contributed by atoms with E-state index in [0.717, 1.165) is 57.6 Å². The van der Waals surface area contributed by atoms with Gasteiger partial charge < -0.3 is 9.47 Å². The Kier molecular flexibility index (Phi) is 4.37. The molecule has 0 bridgehead atoms. The van der Waals surface area contributed by atoms with E-state index in [1.165, 1.54) is 5.56 Å². The number of benzene rings is 1. The van der Waals surface area contributed by atoms with Gasteiger partial charge in [-0.3, -0.25) is 4.79 Å². The Morgan fingerprint density at radius 1 is 1.08 bits per heavy atom. The Balaban J connectivity index is 1.30. The van der Waals surface area contributed by atoms with E-state index < -0.39 is 0 Å². The number of amides is 1. The van der Waals surface area contributed by atoms with Crippen molar-refractivity contribution in [2.24, 2.45) is 11.8 Å². The van der Waals surface area contributed by atoms with Crippen LogP contribution in [0.5, 0.6) is 0 Å². The van der Waals surface area contributed by atoms with Crippen molar-refractivity contribution in [3.8, 4) is 0 Å². The summed E-state index contributed by atoms with van der Waals surface area (Å²) in [5.41, 5.74) is 1.42. The monoisotopic (exact) mass is 323 g/mol. The third kappa shape index (κ3) is 3.23. The Labute approximate surface area is 143 Å². The summed E-state index contributed by atoms with van der Waals surface area (Å²) < 4.78 is 2.18. The highest BCUT2D eigenvalue weighted by atomic mass is 16.2. The maximum Gasteiger partial charge on any atom is 0.226 e. The van der Waals surface area contributed by atoms with Gasteiger partial charge in [-0.05, 0) is 37.2 Å². The molecule has 0 N–H and O–H groups in total. The molecular weight excluding hydrogens is 298 g/mol. The normalized spacial score (nSPS) is 21.5. The van der Waals surface area contributed by atoms with E-state index in [-0.39, 0.29) is 5.92 Å². The van der Waals surface area contributed by atoms with Gasteiger partial charge in [-0.1, -0.05) is 30.3 Å². The van der Waals surface area contributed by atoms with Crippen LogP contribution in [0.4, 0.5) is 0 Å². The fraction of sp³-hybridized carbons (Fsp3) is 0.500. The Hall–Kier alpha value is -2.10. The molecule has 2 aliphatic rings. The largest absolute Gasteiger partial charge is 0.342 e. The second-order valence-corrected chi connectivity index (χ2v) is 7.18. The van der Waals surface area contributed by atoms with Crippen molar-refractivity contribution in [2.45, 2.75) is 38.6 Å². The molecule has 0 aliphatic carbocycles. The zero-order valence-corrected chi connectivity index (χ0v) is 14.1. The third-order valence-electron chi connectivity index (χ3n) is 5.59. The topological polar surface area (TPSA) is 38.1 Å². The fourth-order valence-electron chi connectivity index (χ4n) is 4.12. The minimum atomic E-state index is 0.130. The number of aromatic nitrogens is 2. The minimum absolute atomic E-state index is 0.130. The molecule has 2 aliphatic heterocycles. The summed E-state index contributed by atoms with van der Waals surface area (Å²) in [6.45, 7) is 2.76. The predicted octanol–water partition coefficient (Wildman–Crippen LogP) is 2.93. The maximum absolute atomic E-state index is 12.8. The Bertz CT molecular complexity index is 686. The summed E-state index contributed by atoms with van der Waals surface area (Å²) in [6, 6.07) is 10.7. The van der Waals surface area contributed by atoms with E-state index in [4.69, 9.17) is 0 Å². The van der Waals surface area contributed by atoms with E-state index in [0.29, 0.717) is 11.8 Å². The van der Waals surface area contributed by atoms with Crippen LogP contribution in [0.3, 0.4) is 0 Å². The van der Waals surface area contributed by atoms with Crippen LogP contribution < -0.4 is 0 Å². The number of aryl methyl sites for hydroxylation is 1. The first kappa shape index (κ1) is 15.4. The number of carbonyl (C=O) groups excluding carboxylic acids is 1. The van der Waals surface area contributed by atoms with Crippen LogP contribution in [0.2, 0.25) is 0 Å². The zero-order valence-electron chi connectivity index (χ0n) is 14.1. The molecule has 1 saturated heterocycles. The molecule has 1 atom stereocenters. The van der Waals surface area contributed by atoms with Crippen LogP contribution in [0, 0.1) is 11.8 Å². The van der Waals surface area contributed by atoms with Crippen LogP contribution in [-0.4, -0.2) is 33.4 Å². The summed E-state index contributed by atoms with van der Waals surface area (Å²) in [7, 11) is 0. The van der Waals surface area contributed by atoms with E-state index in [1.54, 1.807) is 0 Å². The van der Waals surface area contributed by atoms with Gasteiger partial charge in [0.05, 0.1) is 0 Å². The van der Waals surface area contributed by atoms with E-state index in [9.17, 15) is 4.79 Å².